The second kappa shape index (κ2) is 6.07. The highest BCUT2D eigenvalue weighted by Gasteiger charge is 2.06. The molecule has 0 aliphatic heterocycles. The Hall–Kier alpha value is -2.01. The van der Waals surface area contributed by atoms with E-state index in [1.807, 2.05) is 29.0 Å². The van der Waals surface area contributed by atoms with Gasteiger partial charge in [-0.1, -0.05) is 6.07 Å². The summed E-state index contributed by atoms with van der Waals surface area (Å²) >= 11 is 0. The van der Waals surface area contributed by atoms with Gasteiger partial charge in [0, 0.05) is 18.9 Å². The van der Waals surface area contributed by atoms with Crippen molar-refractivity contribution in [3.05, 3.63) is 42.5 Å². The molecule has 96 valence electrons. The van der Waals surface area contributed by atoms with Gasteiger partial charge < -0.3 is 19.1 Å². The minimum Gasteiger partial charge on any atom is -0.493 e. The molecule has 0 saturated heterocycles. The van der Waals surface area contributed by atoms with Crippen LogP contribution in [0, 0.1) is 0 Å². The molecule has 0 aliphatic rings. The lowest BCUT2D eigenvalue weighted by Crippen LogP contribution is -2.04. The first kappa shape index (κ1) is 12.4. The van der Waals surface area contributed by atoms with Gasteiger partial charge in [0.25, 0.3) is 0 Å². The van der Waals surface area contributed by atoms with E-state index < -0.39 is 0 Å². The van der Waals surface area contributed by atoms with E-state index in [0.29, 0.717) is 11.5 Å². The zero-order valence-electron chi connectivity index (χ0n) is 10.2. The first-order valence-corrected chi connectivity index (χ1v) is 5.70. The van der Waals surface area contributed by atoms with Crippen molar-refractivity contribution in [2.24, 2.45) is 0 Å². The Morgan fingerprint density at radius 3 is 2.89 bits per heavy atom. The minimum absolute atomic E-state index is 0.0189. The molecule has 18 heavy (non-hydrogen) atoms. The van der Waals surface area contributed by atoms with Crippen LogP contribution in [-0.2, 0) is 6.54 Å². The zero-order valence-corrected chi connectivity index (χ0v) is 10.2. The summed E-state index contributed by atoms with van der Waals surface area (Å²) in [5.74, 6) is 1.31. The summed E-state index contributed by atoms with van der Waals surface area (Å²) in [5.41, 5.74) is 1.08. The predicted molar refractivity (Wildman–Crippen MR) is 66.9 cm³/mol. The molecule has 0 radical (unpaired) electrons. The number of nitrogens with zero attached hydrogens (tertiary/aromatic N) is 2. The number of ether oxygens (including phenoxy) is 2. The first-order chi connectivity index (χ1) is 8.83. The van der Waals surface area contributed by atoms with Crippen LogP contribution in [0.3, 0.4) is 0 Å². The van der Waals surface area contributed by atoms with Crippen LogP contribution < -0.4 is 9.47 Å². The lowest BCUT2D eigenvalue weighted by atomic mass is 10.2. The van der Waals surface area contributed by atoms with E-state index in [1.165, 1.54) is 0 Å². The van der Waals surface area contributed by atoms with E-state index >= 15 is 0 Å². The Balaban J connectivity index is 2.16. The second-order valence-corrected chi connectivity index (χ2v) is 3.79. The molecule has 1 heterocycles. The molecule has 0 bridgehead atoms. The van der Waals surface area contributed by atoms with E-state index in [4.69, 9.17) is 14.6 Å². The van der Waals surface area contributed by atoms with Gasteiger partial charge in [-0.25, -0.2) is 4.98 Å². The highest BCUT2D eigenvalue weighted by atomic mass is 16.5. The van der Waals surface area contributed by atoms with Crippen molar-refractivity contribution in [1.82, 2.24) is 9.55 Å². The number of hydrogen-bond acceptors (Lipinski definition) is 4. The van der Waals surface area contributed by atoms with Gasteiger partial charge in [-0.15, -0.1) is 0 Å². The molecule has 5 nitrogen and oxygen atoms in total. The van der Waals surface area contributed by atoms with Crippen LogP contribution in [0.25, 0.3) is 0 Å². The molecule has 2 rings (SSSR count). The fourth-order valence-corrected chi connectivity index (χ4v) is 1.68. The van der Waals surface area contributed by atoms with Gasteiger partial charge in [-0.05, 0) is 17.7 Å². The van der Waals surface area contributed by atoms with E-state index in [0.717, 1.165) is 12.1 Å². The summed E-state index contributed by atoms with van der Waals surface area (Å²) in [6.45, 7) is 0.958. The number of aliphatic hydroxyl groups excluding tert-OH is 1. The van der Waals surface area contributed by atoms with Gasteiger partial charge in [0.05, 0.1) is 20.0 Å². The summed E-state index contributed by atoms with van der Waals surface area (Å²) in [7, 11) is 1.59. The highest BCUT2D eigenvalue weighted by Crippen LogP contribution is 2.28. The van der Waals surface area contributed by atoms with Crippen LogP contribution in [-0.4, -0.2) is 35.0 Å². The number of aromatic nitrogens is 2. The smallest absolute Gasteiger partial charge is 0.161 e. The first-order valence-electron chi connectivity index (χ1n) is 5.70. The molecule has 0 fully saturated rings. The summed E-state index contributed by atoms with van der Waals surface area (Å²) in [4.78, 5) is 4.00. The maximum Gasteiger partial charge on any atom is 0.161 e. The molecule has 5 heteroatoms. The van der Waals surface area contributed by atoms with Gasteiger partial charge in [-0.3, -0.25) is 0 Å². The molecule has 0 aliphatic carbocycles. The van der Waals surface area contributed by atoms with Crippen molar-refractivity contribution in [1.29, 1.82) is 0 Å². The number of imidazole rings is 1. The largest absolute Gasteiger partial charge is 0.493 e. The lowest BCUT2D eigenvalue weighted by molar-refractivity contribution is 0.196. The Labute approximate surface area is 106 Å². The molecule has 0 saturated carbocycles. The number of rotatable bonds is 6. The summed E-state index contributed by atoms with van der Waals surface area (Å²) < 4.78 is 12.6. The third-order valence-corrected chi connectivity index (χ3v) is 2.50. The summed E-state index contributed by atoms with van der Waals surface area (Å²) in [6.07, 6.45) is 5.41. The van der Waals surface area contributed by atoms with Crippen LogP contribution in [0.15, 0.2) is 36.9 Å². The van der Waals surface area contributed by atoms with Crippen molar-refractivity contribution in [3.8, 4) is 11.5 Å². The van der Waals surface area contributed by atoms with E-state index in [-0.39, 0.29) is 13.2 Å². The number of hydrogen-bond donors (Lipinski definition) is 1. The van der Waals surface area contributed by atoms with E-state index in [1.54, 1.807) is 19.6 Å². The van der Waals surface area contributed by atoms with Crippen LogP contribution in [0.1, 0.15) is 5.56 Å². The fourth-order valence-electron chi connectivity index (χ4n) is 1.68. The second-order valence-electron chi connectivity index (χ2n) is 3.79. The highest BCUT2D eigenvalue weighted by molar-refractivity contribution is 5.43. The van der Waals surface area contributed by atoms with Crippen molar-refractivity contribution in [3.63, 3.8) is 0 Å². The molecular weight excluding hydrogens is 232 g/mol. The maximum atomic E-state index is 8.79. The van der Waals surface area contributed by atoms with Crippen molar-refractivity contribution in [2.75, 3.05) is 20.3 Å². The van der Waals surface area contributed by atoms with Gasteiger partial charge >= 0.3 is 0 Å². The third-order valence-electron chi connectivity index (χ3n) is 2.50. The number of aliphatic hydroxyl groups is 1. The molecule has 0 spiro atoms. The molecule has 0 amide bonds. The molecule has 0 unspecified atom stereocenters. The average molecular weight is 248 g/mol. The normalized spacial score (nSPS) is 10.3. The Morgan fingerprint density at radius 2 is 2.22 bits per heavy atom. The molecule has 1 aromatic heterocycles. The van der Waals surface area contributed by atoms with Crippen LogP contribution in [0.5, 0.6) is 11.5 Å². The van der Waals surface area contributed by atoms with Gasteiger partial charge in [0.2, 0.25) is 0 Å². The van der Waals surface area contributed by atoms with E-state index in [2.05, 4.69) is 4.98 Å². The predicted octanol–water partition coefficient (Wildman–Crippen LogP) is 1.31. The van der Waals surface area contributed by atoms with Crippen LogP contribution in [0.2, 0.25) is 0 Å². The minimum atomic E-state index is -0.0189. The van der Waals surface area contributed by atoms with Crippen LogP contribution >= 0.6 is 0 Å². The summed E-state index contributed by atoms with van der Waals surface area (Å²) in [5, 5.41) is 8.79. The van der Waals surface area contributed by atoms with Crippen molar-refractivity contribution >= 4 is 0 Å². The fraction of sp³-hybridized carbons (Fsp3) is 0.308. The lowest BCUT2D eigenvalue weighted by Gasteiger charge is -2.11. The Morgan fingerprint density at radius 1 is 1.33 bits per heavy atom. The third kappa shape index (κ3) is 3.01. The van der Waals surface area contributed by atoms with Crippen LogP contribution in [0.4, 0.5) is 0 Å². The van der Waals surface area contributed by atoms with E-state index in [9.17, 15) is 0 Å². The Kier molecular flexibility index (Phi) is 4.20. The SMILES string of the molecule is COc1ccc(Cn2ccnc2)cc1OCCO. The number of methoxy groups -OCH3 is 1. The molecule has 2 aromatic rings. The Bertz CT molecular complexity index is 483. The van der Waals surface area contributed by atoms with Gasteiger partial charge in [-0.2, -0.15) is 0 Å². The van der Waals surface area contributed by atoms with Gasteiger partial charge in [0.15, 0.2) is 11.5 Å². The zero-order chi connectivity index (χ0) is 12.8. The molecule has 0 atom stereocenters. The average Bonchev–Trinajstić information content (AvgIpc) is 2.89. The molecular formula is C13H16N2O3. The van der Waals surface area contributed by atoms with Gasteiger partial charge in [0.1, 0.15) is 6.61 Å². The maximum absolute atomic E-state index is 8.79. The topological polar surface area (TPSA) is 56.5 Å². The van der Waals surface area contributed by atoms with Crippen molar-refractivity contribution < 1.29 is 14.6 Å². The standard InChI is InChI=1S/C13H16N2O3/c1-17-12-3-2-11(8-13(12)18-7-6-16)9-15-5-4-14-10-15/h2-5,8,10,16H,6-7,9H2,1H3. The summed E-state index contributed by atoms with van der Waals surface area (Å²) in [6, 6.07) is 5.75. The quantitative estimate of drug-likeness (QED) is 0.837. The molecule has 1 N–H and O–H groups in total. The monoisotopic (exact) mass is 248 g/mol. The molecule has 1 aromatic carbocycles. The van der Waals surface area contributed by atoms with Crippen molar-refractivity contribution in [2.45, 2.75) is 6.54 Å². The number of benzene rings is 1.